The summed E-state index contributed by atoms with van der Waals surface area (Å²) >= 11 is 0. The van der Waals surface area contributed by atoms with E-state index in [1.54, 1.807) is 7.11 Å². The molecular weight excluding hydrogens is 417 g/mol. The van der Waals surface area contributed by atoms with E-state index in [4.69, 9.17) is 15.2 Å². The van der Waals surface area contributed by atoms with Crippen molar-refractivity contribution in [2.45, 2.75) is 26.5 Å². The van der Waals surface area contributed by atoms with Gasteiger partial charge in [0.05, 0.1) is 19.8 Å². The fraction of sp³-hybridized carbons (Fsp3) is 0.278. The van der Waals surface area contributed by atoms with Crippen LogP contribution in [0.3, 0.4) is 0 Å². The first-order valence-electron chi connectivity index (χ1n) is 7.53. The number of anilines is 1. The number of nitrogens with one attached hydrogen (secondary N) is 1. The van der Waals surface area contributed by atoms with Crippen LogP contribution >= 0.6 is 24.0 Å². The Morgan fingerprint density at radius 3 is 2.17 bits per heavy atom. The van der Waals surface area contributed by atoms with Crippen molar-refractivity contribution in [3.05, 3.63) is 54.1 Å². The van der Waals surface area contributed by atoms with E-state index in [9.17, 15) is 0 Å². The molecule has 3 N–H and O–H groups in total. The van der Waals surface area contributed by atoms with Gasteiger partial charge in [-0.3, -0.25) is 0 Å². The Balaban J connectivity index is 0.00000288. The van der Waals surface area contributed by atoms with Crippen molar-refractivity contribution in [1.82, 2.24) is 0 Å². The Morgan fingerprint density at radius 2 is 1.62 bits per heavy atom. The molecule has 0 saturated heterocycles. The number of nitrogens with zero attached hydrogens (tertiary/aromatic N) is 1. The molecule has 0 aromatic heterocycles. The van der Waals surface area contributed by atoms with Gasteiger partial charge in [-0.25, -0.2) is 4.99 Å². The third kappa shape index (κ3) is 6.66. The number of methoxy groups -OCH3 is 1. The molecule has 0 aliphatic rings. The SMILES string of the molecule is COc1ccc(CN=C(N)Nc2ccc(OC(C)C)cc2)cc1.I. The Morgan fingerprint density at radius 1 is 1.04 bits per heavy atom. The lowest BCUT2D eigenvalue weighted by atomic mass is 10.2. The van der Waals surface area contributed by atoms with E-state index in [0.29, 0.717) is 12.5 Å². The highest BCUT2D eigenvalue weighted by Gasteiger charge is 1.99. The van der Waals surface area contributed by atoms with Crippen LogP contribution in [0.15, 0.2) is 53.5 Å². The van der Waals surface area contributed by atoms with E-state index >= 15 is 0 Å². The van der Waals surface area contributed by atoms with Crippen molar-refractivity contribution in [3.63, 3.8) is 0 Å². The van der Waals surface area contributed by atoms with Crippen LogP contribution in [0.5, 0.6) is 11.5 Å². The highest BCUT2D eigenvalue weighted by molar-refractivity contribution is 14.0. The van der Waals surface area contributed by atoms with Crippen molar-refractivity contribution in [1.29, 1.82) is 0 Å². The molecule has 24 heavy (non-hydrogen) atoms. The van der Waals surface area contributed by atoms with Gasteiger partial charge in [0.1, 0.15) is 11.5 Å². The van der Waals surface area contributed by atoms with E-state index in [2.05, 4.69) is 10.3 Å². The Kier molecular flexibility index (Phi) is 8.39. The highest BCUT2D eigenvalue weighted by Crippen LogP contribution is 2.17. The number of hydrogen-bond acceptors (Lipinski definition) is 3. The molecule has 0 radical (unpaired) electrons. The van der Waals surface area contributed by atoms with Gasteiger partial charge in [0.25, 0.3) is 0 Å². The van der Waals surface area contributed by atoms with Crippen LogP contribution in [0.1, 0.15) is 19.4 Å². The van der Waals surface area contributed by atoms with Crippen LogP contribution in [0, 0.1) is 0 Å². The summed E-state index contributed by atoms with van der Waals surface area (Å²) in [6.07, 6.45) is 0.157. The number of halogens is 1. The number of guanidine groups is 1. The second-order valence-electron chi connectivity index (χ2n) is 5.37. The number of nitrogens with two attached hydrogens (primary N) is 1. The summed E-state index contributed by atoms with van der Waals surface area (Å²) in [4.78, 5) is 4.33. The van der Waals surface area contributed by atoms with E-state index in [1.807, 2.05) is 62.4 Å². The lowest BCUT2D eigenvalue weighted by Gasteiger charge is -2.11. The van der Waals surface area contributed by atoms with Crippen LogP contribution in [-0.4, -0.2) is 19.2 Å². The van der Waals surface area contributed by atoms with Gasteiger partial charge in [0.2, 0.25) is 0 Å². The fourth-order valence-corrected chi connectivity index (χ4v) is 1.98. The van der Waals surface area contributed by atoms with Gasteiger partial charge in [0.15, 0.2) is 5.96 Å². The van der Waals surface area contributed by atoms with Crippen LogP contribution in [0.2, 0.25) is 0 Å². The topological polar surface area (TPSA) is 68.9 Å². The zero-order chi connectivity index (χ0) is 16.7. The number of rotatable bonds is 6. The van der Waals surface area contributed by atoms with Crippen molar-refractivity contribution < 1.29 is 9.47 Å². The quantitative estimate of drug-likeness (QED) is 0.404. The lowest BCUT2D eigenvalue weighted by molar-refractivity contribution is 0.242. The molecule has 0 saturated carbocycles. The van der Waals surface area contributed by atoms with Crippen LogP contribution in [-0.2, 0) is 6.54 Å². The first-order chi connectivity index (χ1) is 11.1. The van der Waals surface area contributed by atoms with E-state index in [-0.39, 0.29) is 30.1 Å². The third-order valence-corrected chi connectivity index (χ3v) is 3.09. The lowest BCUT2D eigenvalue weighted by Crippen LogP contribution is -2.22. The molecule has 0 aliphatic heterocycles. The smallest absolute Gasteiger partial charge is 0.193 e. The molecule has 130 valence electrons. The second kappa shape index (κ2) is 10.0. The molecule has 5 nitrogen and oxygen atoms in total. The van der Waals surface area contributed by atoms with Gasteiger partial charge in [-0.15, -0.1) is 24.0 Å². The minimum absolute atomic E-state index is 0. The maximum Gasteiger partial charge on any atom is 0.193 e. The highest BCUT2D eigenvalue weighted by atomic mass is 127. The number of ether oxygens (including phenoxy) is 2. The van der Waals surface area contributed by atoms with Crippen LogP contribution < -0.4 is 20.5 Å². The number of hydrogen-bond donors (Lipinski definition) is 2. The normalized spacial score (nSPS) is 10.9. The average molecular weight is 441 g/mol. The largest absolute Gasteiger partial charge is 0.497 e. The molecule has 6 heteroatoms. The van der Waals surface area contributed by atoms with Crippen LogP contribution in [0.25, 0.3) is 0 Å². The predicted octanol–water partition coefficient (Wildman–Crippen LogP) is 4.03. The van der Waals surface area contributed by atoms with Gasteiger partial charge < -0.3 is 20.5 Å². The molecule has 0 aliphatic carbocycles. The molecule has 2 aromatic rings. The average Bonchev–Trinajstić information content (AvgIpc) is 2.55. The number of benzene rings is 2. The molecular formula is C18H24IN3O2. The Hall–Kier alpha value is -1.96. The predicted molar refractivity (Wildman–Crippen MR) is 110 cm³/mol. The molecule has 0 unspecified atom stereocenters. The standard InChI is InChI=1S/C18H23N3O2.HI/c1-13(2)23-17-10-6-15(7-11-17)21-18(19)20-12-14-4-8-16(22-3)9-5-14;/h4-11,13H,12H2,1-3H3,(H3,19,20,21);1H. The van der Waals surface area contributed by atoms with E-state index in [1.165, 1.54) is 0 Å². The molecule has 0 bridgehead atoms. The van der Waals surface area contributed by atoms with Gasteiger partial charge in [-0.2, -0.15) is 0 Å². The number of aliphatic imine (C=N–C) groups is 1. The van der Waals surface area contributed by atoms with Crippen molar-refractivity contribution in [2.75, 3.05) is 12.4 Å². The van der Waals surface area contributed by atoms with Gasteiger partial charge in [-0.05, 0) is 55.8 Å². The molecule has 0 heterocycles. The van der Waals surface area contributed by atoms with Gasteiger partial charge >= 0.3 is 0 Å². The van der Waals surface area contributed by atoms with Crippen molar-refractivity contribution in [2.24, 2.45) is 10.7 Å². The van der Waals surface area contributed by atoms with E-state index < -0.39 is 0 Å². The maximum absolute atomic E-state index is 5.91. The van der Waals surface area contributed by atoms with Crippen LogP contribution in [0.4, 0.5) is 5.69 Å². The Bertz CT molecular complexity index is 640. The summed E-state index contributed by atoms with van der Waals surface area (Å²) in [5.74, 6) is 2.03. The summed E-state index contributed by atoms with van der Waals surface area (Å²) in [7, 11) is 1.65. The summed E-state index contributed by atoms with van der Waals surface area (Å²) < 4.78 is 10.7. The van der Waals surface area contributed by atoms with E-state index in [0.717, 1.165) is 22.7 Å². The molecule has 0 amide bonds. The van der Waals surface area contributed by atoms with Crippen molar-refractivity contribution >= 4 is 35.6 Å². The minimum atomic E-state index is 0. The molecule has 0 spiro atoms. The maximum atomic E-state index is 5.91. The van der Waals surface area contributed by atoms with Gasteiger partial charge in [0, 0.05) is 5.69 Å². The zero-order valence-corrected chi connectivity index (χ0v) is 16.5. The molecule has 2 rings (SSSR count). The first kappa shape index (κ1) is 20.1. The summed E-state index contributed by atoms with van der Waals surface area (Å²) in [6.45, 7) is 4.50. The first-order valence-corrected chi connectivity index (χ1v) is 7.53. The van der Waals surface area contributed by atoms with Gasteiger partial charge in [-0.1, -0.05) is 12.1 Å². The molecule has 2 aromatic carbocycles. The third-order valence-electron chi connectivity index (χ3n) is 3.09. The Labute approximate surface area is 160 Å². The summed E-state index contributed by atoms with van der Waals surface area (Å²) in [5, 5.41) is 3.06. The fourth-order valence-electron chi connectivity index (χ4n) is 1.98. The zero-order valence-electron chi connectivity index (χ0n) is 14.2. The van der Waals surface area contributed by atoms with Crippen molar-refractivity contribution in [3.8, 4) is 11.5 Å². The molecule has 0 fully saturated rings. The second-order valence-corrected chi connectivity index (χ2v) is 5.37. The minimum Gasteiger partial charge on any atom is -0.497 e. The summed E-state index contributed by atoms with van der Waals surface area (Å²) in [5.41, 5.74) is 7.85. The monoisotopic (exact) mass is 441 g/mol. The molecule has 0 atom stereocenters. The summed E-state index contributed by atoms with van der Waals surface area (Å²) in [6, 6.07) is 15.4.